The normalized spacial score (nSPS) is 9.73. The van der Waals surface area contributed by atoms with Crippen LogP contribution in [0, 0.1) is 6.92 Å². The van der Waals surface area contributed by atoms with Gasteiger partial charge in [0.1, 0.15) is 0 Å². The van der Waals surface area contributed by atoms with Crippen molar-refractivity contribution in [1.82, 2.24) is 10.2 Å². The fourth-order valence-electron chi connectivity index (χ4n) is 0.620. The second kappa shape index (κ2) is 3.15. The number of rotatable bonds is 1. The molecule has 58 valence electrons. The van der Waals surface area contributed by atoms with Crippen LogP contribution in [0.2, 0.25) is 10.3 Å². The van der Waals surface area contributed by atoms with Gasteiger partial charge in [0.05, 0.1) is 5.56 Å². The van der Waals surface area contributed by atoms with Gasteiger partial charge in [-0.2, -0.15) is 0 Å². The summed E-state index contributed by atoms with van der Waals surface area (Å²) in [7, 11) is 0. The van der Waals surface area contributed by atoms with Crippen molar-refractivity contribution in [2.45, 2.75) is 6.92 Å². The minimum absolute atomic E-state index is 0.0851. The van der Waals surface area contributed by atoms with Gasteiger partial charge in [0.25, 0.3) is 0 Å². The predicted molar refractivity (Wildman–Crippen MR) is 42.2 cm³/mol. The van der Waals surface area contributed by atoms with E-state index in [-0.39, 0.29) is 10.3 Å². The summed E-state index contributed by atoms with van der Waals surface area (Å²) in [6.07, 6.45) is 0.609. The molecule has 0 aromatic carbocycles. The largest absolute Gasteiger partial charge is 0.298 e. The number of aromatic nitrogens is 2. The first-order valence-corrected chi connectivity index (χ1v) is 3.56. The van der Waals surface area contributed by atoms with E-state index in [2.05, 4.69) is 10.2 Å². The Kier molecular flexibility index (Phi) is 2.42. The Labute approximate surface area is 73.3 Å². The summed E-state index contributed by atoms with van der Waals surface area (Å²) in [5.41, 5.74) is 0.855. The Hall–Kier alpha value is -0.670. The van der Waals surface area contributed by atoms with Crippen LogP contribution in [0.5, 0.6) is 0 Å². The number of carbonyl (C=O) groups is 1. The minimum atomic E-state index is 0.0851. The molecular formula is C6H4Cl2N2O. The number of halogens is 2. The van der Waals surface area contributed by atoms with Gasteiger partial charge in [-0.05, 0) is 6.92 Å². The van der Waals surface area contributed by atoms with Crippen molar-refractivity contribution in [3.63, 3.8) is 0 Å². The molecule has 5 heteroatoms. The highest BCUT2D eigenvalue weighted by Gasteiger charge is 2.08. The number of hydrogen-bond donors (Lipinski definition) is 0. The molecule has 0 amide bonds. The molecule has 3 nitrogen and oxygen atoms in total. The maximum Gasteiger partial charge on any atom is 0.162 e. The van der Waals surface area contributed by atoms with Crippen molar-refractivity contribution < 1.29 is 4.79 Å². The standard InChI is InChI=1S/C6H4Cl2N2O/c1-3-4(2-11)6(8)10-9-5(3)7/h2H,1H3. The lowest BCUT2D eigenvalue weighted by atomic mass is 10.2. The molecule has 0 bridgehead atoms. The Bertz CT molecular complexity index is 301. The molecule has 0 aliphatic carbocycles. The molecule has 0 fully saturated rings. The van der Waals surface area contributed by atoms with E-state index in [1.807, 2.05) is 0 Å². The van der Waals surface area contributed by atoms with Gasteiger partial charge in [0.15, 0.2) is 16.6 Å². The van der Waals surface area contributed by atoms with Crippen LogP contribution in [0.4, 0.5) is 0 Å². The molecule has 11 heavy (non-hydrogen) atoms. The van der Waals surface area contributed by atoms with E-state index < -0.39 is 0 Å². The summed E-state index contributed by atoms with van der Waals surface area (Å²) in [6, 6.07) is 0. The summed E-state index contributed by atoms with van der Waals surface area (Å²) in [5.74, 6) is 0. The van der Waals surface area contributed by atoms with Crippen LogP contribution in [0.1, 0.15) is 15.9 Å². The highest BCUT2D eigenvalue weighted by atomic mass is 35.5. The van der Waals surface area contributed by atoms with Crippen molar-refractivity contribution in [3.8, 4) is 0 Å². The molecule has 0 N–H and O–H groups in total. The van der Waals surface area contributed by atoms with Crippen LogP contribution in [-0.4, -0.2) is 16.5 Å². The molecule has 0 saturated carbocycles. The van der Waals surface area contributed by atoms with Gasteiger partial charge < -0.3 is 0 Å². The van der Waals surface area contributed by atoms with E-state index >= 15 is 0 Å². The first-order valence-electron chi connectivity index (χ1n) is 2.80. The van der Waals surface area contributed by atoms with Gasteiger partial charge in [-0.15, -0.1) is 10.2 Å². The van der Waals surface area contributed by atoms with E-state index in [1.54, 1.807) is 6.92 Å². The third-order valence-corrected chi connectivity index (χ3v) is 1.92. The third-order valence-electron chi connectivity index (χ3n) is 1.28. The molecule has 0 atom stereocenters. The molecule has 0 saturated heterocycles. The molecule has 1 rings (SSSR count). The highest BCUT2D eigenvalue weighted by molar-refractivity contribution is 6.33. The zero-order valence-electron chi connectivity index (χ0n) is 5.64. The van der Waals surface area contributed by atoms with Gasteiger partial charge in [0.2, 0.25) is 0 Å². The molecule has 0 aliphatic heterocycles. The van der Waals surface area contributed by atoms with Crippen LogP contribution >= 0.6 is 23.2 Å². The summed E-state index contributed by atoms with van der Waals surface area (Å²) in [6.45, 7) is 1.66. The van der Waals surface area contributed by atoms with E-state index in [4.69, 9.17) is 23.2 Å². The molecule has 0 unspecified atom stereocenters. The van der Waals surface area contributed by atoms with Crippen LogP contribution < -0.4 is 0 Å². The first kappa shape index (κ1) is 8.43. The van der Waals surface area contributed by atoms with Gasteiger partial charge in [-0.1, -0.05) is 23.2 Å². The predicted octanol–water partition coefficient (Wildman–Crippen LogP) is 1.90. The van der Waals surface area contributed by atoms with Gasteiger partial charge >= 0.3 is 0 Å². The Morgan fingerprint density at radius 3 is 2.27 bits per heavy atom. The number of nitrogens with zero attached hydrogens (tertiary/aromatic N) is 2. The van der Waals surface area contributed by atoms with E-state index in [0.717, 1.165) is 0 Å². The van der Waals surface area contributed by atoms with Gasteiger partial charge in [0, 0.05) is 5.56 Å². The third kappa shape index (κ3) is 1.49. The summed E-state index contributed by atoms with van der Waals surface area (Å²) in [5, 5.41) is 7.26. The van der Waals surface area contributed by atoms with Gasteiger partial charge in [-0.3, -0.25) is 4.79 Å². The van der Waals surface area contributed by atoms with E-state index in [0.29, 0.717) is 17.4 Å². The topological polar surface area (TPSA) is 42.9 Å². The molecule has 0 aliphatic rings. The SMILES string of the molecule is Cc1c(Cl)nnc(Cl)c1C=O. The van der Waals surface area contributed by atoms with Crippen molar-refractivity contribution >= 4 is 29.5 Å². The first-order chi connectivity index (χ1) is 5.16. The zero-order chi connectivity index (χ0) is 8.43. The van der Waals surface area contributed by atoms with Crippen LogP contribution in [0.3, 0.4) is 0 Å². The average molecular weight is 191 g/mol. The minimum Gasteiger partial charge on any atom is -0.298 e. The molecule has 1 heterocycles. The lowest BCUT2D eigenvalue weighted by Crippen LogP contribution is -1.95. The summed E-state index contributed by atoms with van der Waals surface area (Å²) in [4.78, 5) is 10.4. The average Bonchev–Trinajstić information content (AvgIpc) is 1.99. The van der Waals surface area contributed by atoms with E-state index in [9.17, 15) is 4.79 Å². The maximum absolute atomic E-state index is 10.4. The van der Waals surface area contributed by atoms with Crippen LogP contribution in [0.15, 0.2) is 0 Å². The van der Waals surface area contributed by atoms with Crippen molar-refractivity contribution in [2.24, 2.45) is 0 Å². The highest BCUT2D eigenvalue weighted by Crippen LogP contribution is 2.19. The van der Waals surface area contributed by atoms with Crippen molar-refractivity contribution in [3.05, 3.63) is 21.4 Å². The number of aldehydes is 1. The number of carbonyl (C=O) groups excluding carboxylic acids is 1. The number of hydrogen-bond acceptors (Lipinski definition) is 3. The molecule has 0 radical (unpaired) electrons. The molecular weight excluding hydrogens is 187 g/mol. The summed E-state index contributed by atoms with van der Waals surface area (Å²) >= 11 is 11.1. The Balaban J connectivity index is 3.40. The fraction of sp³-hybridized carbons (Fsp3) is 0.167. The Morgan fingerprint density at radius 1 is 1.27 bits per heavy atom. The van der Waals surface area contributed by atoms with Crippen molar-refractivity contribution in [1.29, 1.82) is 0 Å². The second-order valence-corrected chi connectivity index (χ2v) is 2.65. The maximum atomic E-state index is 10.4. The second-order valence-electron chi connectivity index (χ2n) is 1.94. The lowest BCUT2D eigenvalue weighted by molar-refractivity contribution is 0.112. The monoisotopic (exact) mass is 190 g/mol. The van der Waals surface area contributed by atoms with E-state index in [1.165, 1.54) is 0 Å². The lowest BCUT2D eigenvalue weighted by Gasteiger charge is -1.99. The Morgan fingerprint density at radius 2 is 1.82 bits per heavy atom. The quantitative estimate of drug-likeness (QED) is 0.636. The van der Waals surface area contributed by atoms with Crippen LogP contribution in [0.25, 0.3) is 0 Å². The fourth-order valence-corrected chi connectivity index (χ4v) is 0.983. The van der Waals surface area contributed by atoms with Crippen molar-refractivity contribution in [2.75, 3.05) is 0 Å². The molecule has 0 spiro atoms. The van der Waals surface area contributed by atoms with Crippen LogP contribution in [-0.2, 0) is 0 Å². The summed E-state index contributed by atoms with van der Waals surface area (Å²) < 4.78 is 0. The smallest absolute Gasteiger partial charge is 0.162 e. The zero-order valence-corrected chi connectivity index (χ0v) is 7.15. The molecule has 1 aromatic heterocycles. The van der Waals surface area contributed by atoms with Gasteiger partial charge in [-0.25, -0.2) is 0 Å². The molecule has 1 aromatic rings.